The SMILES string of the molecule is CCC(OC[C@H]1CO1)c1cc(F)ccc1Br. The lowest BCUT2D eigenvalue weighted by Crippen LogP contribution is -2.09. The van der Waals surface area contributed by atoms with Gasteiger partial charge < -0.3 is 9.47 Å². The van der Waals surface area contributed by atoms with E-state index < -0.39 is 0 Å². The maximum atomic E-state index is 13.2. The van der Waals surface area contributed by atoms with E-state index in [1.807, 2.05) is 6.92 Å². The van der Waals surface area contributed by atoms with Crippen molar-refractivity contribution in [2.24, 2.45) is 0 Å². The molecule has 0 radical (unpaired) electrons. The van der Waals surface area contributed by atoms with E-state index >= 15 is 0 Å². The predicted octanol–water partition coefficient (Wildman–Crippen LogP) is 3.45. The van der Waals surface area contributed by atoms with Crippen LogP contribution in [-0.2, 0) is 9.47 Å². The first-order chi connectivity index (χ1) is 7.70. The summed E-state index contributed by atoms with van der Waals surface area (Å²) in [6.45, 7) is 3.39. The molecule has 16 heavy (non-hydrogen) atoms. The van der Waals surface area contributed by atoms with Gasteiger partial charge in [-0.1, -0.05) is 22.9 Å². The number of rotatable bonds is 5. The average Bonchev–Trinajstić information content (AvgIpc) is 3.07. The van der Waals surface area contributed by atoms with E-state index in [2.05, 4.69) is 15.9 Å². The maximum Gasteiger partial charge on any atom is 0.123 e. The van der Waals surface area contributed by atoms with E-state index in [1.165, 1.54) is 12.1 Å². The second-order valence-corrected chi connectivity index (χ2v) is 4.71. The van der Waals surface area contributed by atoms with Gasteiger partial charge in [-0.05, 0) is 30.2 Å². The first-order valence-corrected chi connectivity index (χ1v) is 6.18. The zero-order valence-corrected chi connectivity index (χ0v) is 10.7. The lowest BCUT2D eigenvalue weighted by Gasteiger charge is -2.17. The van der Waals surface area contributed by atoms with Crippen LogP contribution in [0.15, 0.2) is 22.7 Å². The van der Waals surface area contributed by atoms with E-state index in [0.717, 1.165) is 23.1 Å². The molecule has 4 heteroatoms. The molecule has 2 rings (SSSR count). The van der Waals surface area contributed by atoms with E-state index in [9.17, 15) is 4.39 Å². The molecule has 2 atom stereocenters. The molecule has 1 aliphatic heterocycles. The number of ether oxygens (including phenoxy) is 2. The molecule has 0 bridgehead atoms. The van der Waals surface area contributed by atoms with Gasteiger partial charge >= 0.3 is 0 Å². The standard InChI is InChI=1S/C12H14BrFO2/c1-2-12(16-7-9-6-15-9)10-5-8(14)3-4-11(10)13/h3-5,9,12H,2,6-7H2,1H3/t9-,12?/m1/s1. The molecule has 0 amide bonds. The Labute approximate surface area is 103 Å². The molecule has 0 saturated carbocycles. The zero-order chi connectivity index (χ0) is 11.5. The third kappa shape index (κ3) is 3.03. The minimum absolute atomic E-state index is 0.0747. The Kier molecular flexibility index (Phi) is 3.95. The van der Waals surface area contributed by atoms with Crippen LogP contribution in [0.2, 0.25) is 0 Å². The summed E-state index contributed by atoms with van der Waals surface area (Å²) in [5, 5.41) is 0. The largest absolute Gasteiger partial charge is 0.371 e. The molecule has 0 spiro atoms. The van der Waals surface area contributed by atoms with Crippen LogP contribution in [0.1, 0.15) is 25.0 Å². The Bertz CT molecular complexity index is 366. The van der Waals surface area contributed by atoms with Gasteiger partial charge in [-0.2, -0.15) is 0 Å². The molecular weight excluding hydrogens is 275 g/mol. The third-order valence-corrected chi connectivity index (χ3v) is 3.28. The highest BCUT2D eigenvalue weighted by Crippen LogP contribution is 2.30. The number of hydrogen-bond donors (Lipinski definition) is 0. The van der Waals surface area contributed by atoms with Crippen LogP contribution >= 0.6 is 15.9 Å². The van der Waals surface area contributed by atoms with E-state index in [-0.39, 0.29) is 18.0 Å². The van der Waals surface area contributed by atoms with E-state index in [1.54, 1.807) is 6.07 Å². The van der Waals surface area contributed by atoms with Gasteiger partial charge in [-0.3, -0.25) is 0 Å². The van der Waals surface area contributed by atoms with Gasteiger partial charge in [0.1, 0.15) is 11.9 Å². The summed E-state index contributed by atoms with van der Waals surface area (Å²) in [5.41, 5.74) is 0.864. The molecule has 2 nitrogen and oxygen atoms in total. The summed E-state index contributed by atoms with van der Waals surface area (Å²) in [5.74, 6) is -0.233. The van der Waals surface area contributed by atoms with Gasteiger partial charge in [0.2, 0.25) is 0 Å². The molecule has 0 aliphatic carbocycles. The molecular formula is C12H14BrFO2. The van der Waals surface area contributed by atoms with Crippen LogP contribution in [0.4, 0.5) is 4.39 Å². The second kappa shape index (κ2) is 5.25. The van der Waals surface area contributed by atoms with Gasteiger partial charge in [-0.15, -0.1) is 0 Å². The van der Waals surface area contributed by atoms with Crippen LogP contribution in [0.5, 0.6) is 0 Å². The van der Waals surface area contributed by atoms with Crippen LogP contribution in [0.3, 0.4) is 0 Å². The summed E-state index contributed by atoms with van der Waals surface area (Å²) < 4.78 is 24.8. The zero-order valence-electron chi connectivity index (χ0n) is 9.08. The summed E-state index contributed by atoms with van der Waals surface area (Å²) in [6.07, 6.45) is 0.977. The lowest BCUT2D eigenvalue weighted by molar-refractivity contribution is 0.0388. The van der Waals surface area contributed by atoms with Crippen molar-refractivity contribution in [3.63, 3.8) is 0 Å². The van der Waals surface area contributed by atoms with Crippen molar-refractivity contribution in [3.05, 3.63) is 34.1 Å². The van der Waals surface area contributed by atoms with E-state index in [4.69, 9.17) is 9.47 Å². The van der Waals surface area contributed by atoms with Crippen LogP contribution in [0, 0.1) is 5.82 Å². The molecule has 1 aromatic carbocycles. The van der Waals surface area contributed by atoms with Crippen molar-refractivity contribution in [1.82, 2.24) is 0 Å². The number of benzene rings is 1. The van der Waals surface area contributed by atoms with E-state index in [0.29, 0.717) is 6.61 Å². The smallest absolute Gasteiger partial charge is 0.123 e. The molecule has 1 aliphatic rings. The molecule has 1 unspecified atom stereocenters. The summed E-state index contributed by atoms with van der Waals surface area (Å²) in [6, 6.07) is 4.67. The Morgan fingerprint density at radius 3 is 3.00 bits per heavy atom. The number of halogens is 2. The Morgan fingerprint density at radius 2 is 2.38 bits per heavy atom. The number of hydrogen-bond acceptors (Lipinski definition) is 2. The van der Waals surface area contributed by atoms with Gasteiger partial charge in [0.15, 0.2) is 0 Å². The normalized spacial score (nSPS) is 20.8. The summed E-state index contributed by atoms with van der Waals surface area (Å²) >= 11 is 3.42. The quantitative estimate of drug-likeness (QED) is 0.774. The van der Waals surface area contributed by atoms with Crippen LogP contribution < -0.4 is 0 Å². The van der Waals surface area contributed by atoms with Crippen molar-refractivity contribution in [3.8, 4) is 0 Å². The van der Waals surface area contributed by atoms with Crippen LogP contribution in [0.25, 0.3) is 0 Å². The minimum Gasteiger partial charge on any atom is -0.371 e. The molecule has 1 fully saturated rings. The Morgan fingerprint density at radius 1 is 1.62 bits per heavy atom. The van der Waals surface area contributed by atoms with Crippen molar-refractivity contribution in [1.29, 1.82) is 0 Å². The highest BCUT2D eigenvalue weighted by Gasteiger charge is 2.25. The Hall–Kier alpha value is -0.450. The molecule has 1 aromatic rings. The minimum atomic E-state index is -0.233. The highest BCUT2D eigenvalue weighted by atomic mass is 79.9. The predicted molar refractivity (Wildman–Crippen MR) is 62.8 cm³/mol. The van der Waals surface area contributed by atoms with Gasteiger partial charge in [0.05, 0.1) is 19.3 Å². The monoisotopic (exact) mass is 288 g/mol. The molecule has 88 valence electrons. The summed E-state index contributed by atoms with van der Waals surface area (Å²) in [4.78, 5) is 0. The maximum absolute atomic E-state index is 13.2. The average molecular weight is 289 g/mol. The third-order valence-electron chi connectivity index (χ3n) is 2.56. The second-order valence-electron chi connectivity index (χ2n) is 3.85. The van der Waals surface area contributed by atoms with Crippen molar-refractivity contribution in [2.75, 3.05) is 13.2 Å². The first-order valence-electron chi connectivity index (χ1n) is 5.39. The molecule has 1 saturated heterocycles. The lowest BCUT2D eigenvalue weighted by atomic mass is 10.1. The Balaban J connectivity index is 2.07. The van der Waals surface area contributed by atoms with Crippen LogP contribution in [-0.4, -0.2) is 19.3 Å². The van der Waals surface area contributed by atoms with Crippen molar-refractivity contribution in [2.45, 2.75) is 25.6 Å². The van der Waals surface area contributed by atoms with Gasteiger partial charge in [-0.25, -0.2) is 4.39 Å². The fourth-order valence-corrected chi connectivity index (χ4v) is 2.08. The highest BCUT2D eigenvalue weighted by molar-refractivity contribution is 9.10. The molecule has 1 heterocycles. The fraction of sp³-hybridized carbons (Fsp3) is 0.500. The van der Waals surface area contributed by atoms with Gasteiger partial charge in [0.25, 0.3) is 0 Å². The van der Waals surface area contributed by atoms with Crippen molar-refractivity contribution < 1.29 is 13.9 Å². The first kappa shape index (κ1) is 12.0. The number of epoxide rings is 1. The molecule has 0 N–H and O–H groups in total. The summed E-state index contributed by atoms with van der Waals surface area (Å²) in [7, 11) is 0. The molecule has 0 aromatic heterocycles. The fourth-order valence-electron chi connectivity index (χ4n) is 1.58. The van der Waals surface area contributed by atoms with Crippen molar-refractivity contribution >= 4 is 15.9 Å². The topological polar surface area (TPSA) is 21.8 Å². The van der Waals surface area contributed by atoms with Gasteiger partial charge in [0, 0.05) is 4.47 Å².